The second kappa shape index (κ2) is 6.59. The van der Waals surface area contributed by atoms with Gasteiger partial charge in [-0.15, -0.1) is 0 Å². The zero-order valence-corrected chi connectivity index (χ0v) is 16.1. The van der Waals surface area contributed by atoms with E-state index < -0.39 is 0 Å². The number of fused-ring (bicyclic) bond motifs is 5. The van der Waals surface area contributed by atoms with Gasteiger partial charge in [-0.05, 0) is 51.9 Å². The molecule has 0 bridgehead atoms. The van der Waals surface area contributed by atoms with Crippen molar-refractivity contribution in [1.82, 2.24) is 4.98 Å². The summed E-state index contributed by atoms with van der Waals surface area (Å²) in [5.74, 6) is 2.06. The predicted molar refractivity (Wildman–Crippen MR) is 118 cm³/mol. The normalized spacial score (nSPS) is 16.2. The highest BCUT2D eigenvalue weighted by atomic mass is 16.4. The molecule has 140 valence electrons. The van der Waals surface area contributed by atoms with Crippen LogP contribution in [0.1, 0.15) is 29.4 Å². The Bertz CT molecular complexity index is 1330. The summed E-state index contributed by atoms with van der Waals surface area (Å²) >= 11 is 0. The van der Waals surface area contributed by atoms with Crippen molar-refractivity contribution < 1.29 is 4.42 Å². The van der Waals surface area contributed by atoms with Gasteiger partial charge < -0.3 is 4.42 Å². The van der Waals surface area contributed by atoms with E-state index in [-0.39, 0.29) is 0 Å². The fourth-order valence-electron chi connectivity index (χ4n) is 4.77. The lowest BCUT2D eigenvalue weighted by Crippen LogP contribution is -2.13. The van der Waals surface area contributed by atoms with E-state index in [4.69, 9.17) is 4.42 Å². The second-order valence-corrected chi connectivity index (χ2v) is 7.95. The lowest BCUT2D eigenvalue weighted by Gasteiger charge is -2.24. The van der Waals surface area contributed by atoms with Crippen molar-refractivity contribution in [1.29, 1.82) is 0 Å². The van der Waals surface area contributed by atoms with E-state index in [1.165, 1.54) is 32.7 Å². The molecule has 1 unspecified atom stereocenters. The molecule has 2 heteroatoms. The van der Waals surface area contributed by atoms with Gasteiger partial charge in [0, 0.05) is 11.5 Å². The van der Waals surface area contributed by atoms with E-state index >= 15 is 0 Å². The lowest BCUT2D eigenvalue weighted by atomic mass is 9.81. The van der Waals surface area contributed by atoms with Gasteiger partial charge >= 0.3 is 0 Å². The van der Waals surface area contributed by atoms with Gasteiger partial charge in [0.05, 0.1) is 6.20 Å². The minimum absolute atomic E-state index is 0.331. The number of hydrogen-bond acceptors (Lipinski definition) is 2. The van der Waals surface area contributed by atoms with Gasteiger partial charge in [0.25, 0.3) is 0 Å². The number of nitrogens with zero attached hydrogens (tertiary/aromatic N) is 1. The van der Waals surface area contributed by atoms with Gasteiger partial charge in [-0.25, -0.2) is 4.98 Å². The molecule has 4 aromatic carbocycles. The monoisotopic (exact) mass is 375 g/mol. The van der Waals surface area contributed by atoms with Crippen LogP contribution in [0.15, 0.2) is 89.5 Å². The third-order valence-corrected chi connectivity index (χ3v) is 6.28. The molecule has 0 N–H and O–H groups in total. The maximum Gasteiger partial charge on any atom is 0.198 e. The highest BCUT2D eigenvalue weighted by Crippen LogP contribution is 2.38. The first-order valence-corrected chi connectivity index (χ1v) is 10.3. The van der Waals surface area contributed by atoms with Crippen LogP contribution >= 0.6 is 0 Å². The highest BCUT2D eigenvalue weighted by Gasteiger charge is 2.25. The first kappa shape index (κ1) is 16.6. The molecule has 1 aliphatic rings. The second-order valence-electron chi connectivity index (χ2n) is 7.95. The van der Waals surface area contributed by atoms with Crippen LogP contribution in [-0.4, -0.2) is 4.98 Å². The summed E-state index contributed by atoms with van der Waals surface area (Å²) in [5.41, 5.74) is 4.02. The molecule has 29 heavy (non-hydrogen) atoms. The van der Waals surface area contributed by atoms with Crippen molar-refractivity contribution in [2.75, 3.05) is 0 Å². The van der Waals surface area contributed by atoms with Crippen molar-refractivity contribution in [3.05, 3.63) is 102 Å². The molecule has 0 spiro atoms. The summed E-state index contributed by atoms with van der Waals surface area (Å²) in [6.07, 6.45) is 5.02. The molecule has 0 radical (unpaired) electrons. The first-order chi connectivity index (χ1) is 14.4. The molecule has 0 fully saturated rings. The molecular formula is C27H21NO. The third-order valence-electron chi connectivity index (χ3n) is 6.28. The molecule has 0 saturated carbocycles. The van der Waals surface area contributed by atoms with E-state index in [1.54, 1.807) is 0 Å². The SMILES string of the molecule is c1ccc(-c2cnc(C3CCc4ccc5c(ccc6ccccc65)c4C3)o2)cc1. The largest absolute Gasteiger partial charge is 0.440 e. The van der Waals surface area contributed by atoms with Crippen LogP contribution in [0.4, 0.5) is 0 Å². The highest BCUT2D eigenvalue weighted by molar-refractivity contribution is 6.08. The quantitative estimate of drug-likeness (QED) is 0.313. The number of hydrogen-bond donors (Lipinski definition) is 0. The molecule has 0 saturated heterocycles. The summed E-state index contributed by atoms with van der Waals surface area (Å²) in [4.78, 5) is 4.65. The lowest BCUT2D eigenvalue weighted by molar-refractivity contribution is 0.426. The van der Waals surface area contributed by atoms with Crippen molar-refractivity contribution in [2.24, 2.45) is 0 Å². The van der Waals surface area contributed by atoms with Gasteiger partial charge in [0.1, 0.15) is 0 Å². The van der Waals surface area contributed by atoms with Crippen molar-refractivity contribution in [3.8, 4) is 11.3 Å². The number of aromatic nitrogens is 1. The first-order valence-electron chi connectivity index (χ1n) is 10.3. The summed E-state index contributed by atoms with van der Waals surface area (Å²) in [6.45, 7) is 0. The Hall–Kier alpha value is -3.39. The fraction of sp³-hybridized carbons (Fsp3) is 0.148. The van der Waals surface area contributed by atoms with Crippen LogP contribution in [0, 0.1) is 0 Å². The Morgan fingerprint density at radius 3 is 2.52 bits per heavy atom. The van der Waals surface area contributed by atoms with Gasteiger partial charge in [0.15, 0.2) is 11.7 Å². The molecule has 2 nitrogen and oxygen atoms in total. The molecule has 0 amide bonds. The van der Waals surface area contributed by atoms with E-state index in [2.05, 4.69) is 65.6 Å². The molecule has 1 heterocycles. The average Bonchev–Trinajstić information content (AvgIpc) is 3.29. The Balaban J connectivity index is 1.41. The van der Waals surface area contributed by atoms with E-state index in [0.717, 1.165) is 36.5 Å². The van der Waals surface area contributed by atoms with Crippen LogP contribution in [-0.2, 0) is 12.8 Å². The van der Waals surface area contributed by atoms with Gasteiger partial charge in [-0.1, -0.05) is 78.9 Å². The summed E-state index contributed by atoms with van der Waals surface area (Å²) < 4.78 is 6.20. The van der Waals surface area contributed by atoms with Crippen LogP contribution in [0.3, 0.4) is 0 Å². The maximum absolute atomic E-state index is 6.20. The topological polar surface area (TPSA) is 26.0 Å². The minimum atomic E-state index is 0.331. The van der Waals surface area contributed by atoms with E-state index in [9.17, 15) is 0 Å². The van der Waals surface area contributed by atoms with Crippen LogP contribution in [0.2, 0.25) is 0 Å². The third kappa shape index (κ3) is 2.75. The smallest absolute Gasteiger partial charge is 0.198 e. The zero-order valence-electron chi connectivity index (χ0n) is 16.1. The minimum Gasteiger partial charge on any atom is -0.440 e. The summed E-state index contributed by atoms with van der Waals surface area (Å²) in [7, 11) is 0. The number of benzene rings is 4. The van der Waals surface area contributed by atoms with Crippen molar-refractivity contribution in [2.45, 2.75) is 25.2 Å². The van der Waals surface area contributed by atoms with Crippen LogP contribution in [0.5, 0.6) is 0 Å². The zero-order chi connectivity index (χ0) is 19.2. The van der Waals surface area contributed by atoms with E-state index in [0.29, 0.717) is 5.92 Å². The Kier molecular flexibility index (Phi) is 3.76. The molecule has 1 atom stereocenters. The van der Waals surface area contributed by atoms with Crippen molar-refractivity contribution >= 4 is 21.5 Å². The maximum atomic E-state index is 6.20. The predicted octanol–water partition coefficient (Wildman–Crippen LogP) is 6.92. The number of rotatable bonds is 2. The Morgan fingerprint density at radius 1 is 0.759 bits per heavy atom. The Labute approximate surface area is 169 Å². The molecule has 6 rings (SSSR count). The Morgan fingerprint density at radius 2 is 1.59 bits per heavy atom. The molecule has 0 aliphatic heterocycles. The van der Waals surface area contributed by atoms with Gasteiger partial charge in [0.2, 0.25) is 0 Å². The average molecular weight is 375 g/mol. The van der Waals surface area contributed by atoms with Gasteiger partial charge in [-0.3, -0.25) is 0 Å². The molecular weight excluding hydrogens is 354 g/mol. The van der Waals surface area contributed by atoms with Crippen molar-refractivity contribution in [3.63, 3.8) is 0 Å². The van der Waals surface area contributed by atoms with Crippen LogP contribution < -0.4 is 0 Å². The summed E-state index contributed by atoms with van der Waals surface area (Å²) in [5, 5.41) is 5.35. The molecule has 1 aromatic heterocycles. The molecule has 1 aliphatic carbocycles. The fourth-order valence-corrected chi connectivity index (χ4v) is 4.77. The van der Waals surface area contributed by atoms with Gasteiger partial charge in [-0.2, -0.15) is 0 Å². The van der Waals surface area contributed by atoms with E-state index in [1.807, 2.05) is 24.4 Å². The van der Waals surface area contributed by atoms with Crippen LogP contribution in [0.25, 0.3) is 32.9 Å². The molecule has 5 aromatic rings. The standard InChI is InChI=1S/C27H21NO/c1-2-7-20(8-3-1)26-17-28-27(29-26)21-11-10-19-13-14-23-22-9-5-4-6-18(22)12-15-24(23)25(19)16-21/h1-9,12-15,17,21H,10-11,16H2. The summed E-state index contributed by atoms with van der Waals surface area (Å²) in [6, 6.07) is 28.0. The number of aryl methyl sites for hydroxylation is 1. The number of oxazole rings is 1.